The molecular formula is C8H8ClN5O. The summed E-state index contributed by atoms with van der Waals surface area (Å²) in [5.74, 6) is 0. The molecule has 6 nitrogen and oxygen atoms in total. The second-order valence-corrected chi connectivity index (χ2v) is 3.25. The Labute approximate surface area is 89.6 Å². The van der Waals surface area contributed by atoms with Crippen LogP contribution in [0.15, 0.2) is 23.0 Å². The highest BCUT2D eigenvalue weighted by atomic mass is 35.5. The van der Waals surface area contributed by atoms with Crippen molar-refractivity contribution in [3.8, 4) is 5.69 Å². The van der Waals surface area contributed by atoms with Gasteiger partial charge >= 0.3 is 5.69 Å². The van der Waals surface area contributed by atoms with Gasteiger partial charge in [-0.05, 0) is 22.1 Å². The maximum Gasteiger partial charge on any atom is 0.365 e. The lowest BCUT2D eigenvalue weighted by molar-refractivity contribution is 0.778. The molecule has 1 aromatic carbocycles. The molecule has 2 rings (SSSR count). The van der Waals surface area contributed by atoms with Gasteiger partial charge in [-0.1, -0.05) is 23.7 Å². The predicted molar refractivity (Wildman–Crippen MR) is 54.9 cm³/mol. The van der Waals surface area contributed by atoms with E-state index in [1.165, 1.54) is 0 Å². The van der Waals surface area contributed by atoms with Crippen molar-refractivity contribution in [2.75, 3.05) is 0 Å². The van der Waals surface area contributed by atoms with E-state index in [4.69, 9.17) is 17.3 Å². The van der Waals surface area contributed by atoms with E-state index in [0.717, 1.165) is 10.2 Å². The number of H-pyrrole nitrogens is 1. The summed E-state index contributed by atoms with van der Waals surface area (Å²) in [5, 5.41) is 9.58. The Kier molecular flexibility index (Phi) is 2.53. The van der Waals surface area contributed by atoms with Crippen LogP contribution in [0.4, 0.5) is 0 Å². The lowest BCUT2D eigenvalue weighted by Crippen LogP contribution is -2.17. The van der Waals surface area contributed by atoms with Crippen LogP contribution in [0.1, 0.15) is 5.56 Å². The second kappa shape index (κ2) is 3.84. The molecule has 0 spiro atoms. The van der Waals surface area contributed by atoms with Crippen LogP contribution in [0, 0.1) is 0 Å². The van der Waals surface area contributed by atoms with Gasteiger partial charge in [0.05, 0.1) is 10.7 Å². The monoisotopic (exact) mass is 225 g/mol. The van der Waals surface area contributed by atoms with Crippen LogP contribution in [-0.2, 0) is 6.54 Å². The highest BCUT2D eigenvalue weighted by Crippen LogP contribution is 2.22. The first-order valence-corrected chi connectivity index (χ1v) is 4.60. The van der Waals surface area contributed by atoms with Crippen molar-refractivity contribution in [3.63, 3.8) is 0 Å². The van der Waals surface area contributed by atoms with E-state index in [0.29, 0.717) is 17.3 Å². The van der Waals surface area contributed by atoms with Gasteiger partial charge in [0, 0.05) is 6.54 Å². The van der Waals surface area contributed by atoms with Crippen LogP contribution in [0.5, 0.6) is 0 Å². The van der Waals surface area contributed by atoms with Gasteiger partial charge in [-0.15, -0.1) is 0 Å². The maximum atomic E-state index is 11.3. The number of nitrogens with two attached hydrogens (primary N) is 1. The number of tetrazole rings is 1. The van der Waals surface area contributed by atoms with Gasteiger partial charge in [-0.2, -0.15) is 4.68 Å². The Bertz CT molecular complexity index is 532. The molecule has 2 aromatic rings. The molecule has 0 amide bonds. The van der Waals surface area contributed by atoms with Gasteiger partial charge in [-0.25, -0.2) is 9.89 Å². The number of rotatable bonds is 2. The summed E-state index contributed by atoms with van der Waals surface area (Å²) in [7, 11) is 0. The summed E-state index contributed by atoms with van der Waals surface area (Å²) < 4.78 is 1.08. The van der Waals surface area contributed by atoms with E-state index in [9.17, 15) is 4.79 Å². The van der Waals surface area contributed by atoms with Crippen molar-refractivity contribution in [2.45, 2.75) is 6.54 Å². The molecule has 0 saturated heterocycles. The molecule has 0 aliphatic heterocycles. The minimum Gasteiger partial charge on any atom is -0.326 e. The largest absolute Gasteiger partial charge is 0.365 e. The van der Waals surface area contributed by atoms with E-state index in [-0.39, 0.29) is 0 Å². The summed E-state index contributed by atoms with van der Waals surface area (Å²) in [6.07, 6.45) is 0. The van der Waals surface area contributed by atoms with Crippen molar-refractivity contribution < 1.29 is 0 Å². The summed E-state index contributed by atoms with van der Waals surface area (Å²) in [6, 6.07) is 5.22. The molecule has 7 heteroatoms. The molecule has 0 saturated carbocycles. The maximum absolute atomic E-state index is 11.3. The minimum atomic E-state index is -0.439. The molecule has 3 N–H and O–H groups in total. The average molecular weight is 226 g/mol. The number of nitrogens with one attached hydrogen (secondary N) is 1. The molecule has 0 fully saturated rings. The Balaban J connectivity index is 2.64. The number of halogens is 1. The molecule has 0 aliphatic rings. The second-order valence-electron chi connectivity index (χ2n) is 2.87. The molecule has 15 heavy (non-hydrogen) atoms. The quantitative estimate of drug-likeness (QED) is 0.757. The lowest BCUT2D eigenvalue weighted by Gasteiger charge is -2.05. The van der Waals surface area contributed by atoms with E-state index >= 15 is 0 Å². The number of benzene rings is 1. The Morgan fingerprint density at radius 1 is 1.53 bits per heavy atom. The number of hydrogen-bond donors (Lipinski definition) is 2. The molecule has 1 aromatic heterocycles. The molecule has 1 heterocycles. The molecule has 0 bridgehead atoms. The molecule has 0 aliphatic carbocycles. The first-order chi connectivity index (χ1) is 7.24. The lowest BCUT2D eigenvalue weighted by atomic mass is 10.2. The number of aromatic nitrogens is 4. The van der Waals surface area contributed by atoms with Gasteiger partial charge < -0.3 is 5.73 Å². The summed E-state index contributed by atoms with van der Waals surface area (Å²) in [6.45, 7) is 0.305. The van der Waals surface area contributed by atoms with E-state index in [1.54, 1.807) is 18.2 Å². The van der Waals surface area contributed by atoms with Crippen molar-refractivity contribution in [2.24, 2.45) is 5.73 Å². The average Bonchev–Trinajstić information content (AvgIpc) is 2.65. The summed E-state index contributed by atoms with van der Waals surface area (Å²) >= 11 is 6.05. The first-order valence-electron chi connectivity index (χ1n) is 4.22. The SMILES string of the molecule is NCc1cccc(-n2nn[nH]c2=O)c1Cl. The van der Waals surface area contributed by atoms with Crippen LogP contribution >= 0.6 is 11.6 Å². The van der Waals surface area contributed by atoms with Crippen molar-refractivity contribution >= 4 is 11.6 Å². The number of aromatic amines is 1. The van der Waals surface area contributed by atoms with Crippen molar-refractivity contribution in [3.05, 3.63) is 39.3 Å². The smallest absolute Gasteiger partial charge is 0.326 e. The van der Waals surface area contributed by atoms with Gasteiger partial charge in [0.15, 0.2) is 0 Å². The number of nitrogens with zero attached hydrogens (tertiary/aromatic N) is 3. The van der Waals surface area contributed by atoms with Gasteiger partial charge in [-0.3, -0.25) is 0 Å². The van der Waals surface area contributed by atoms with Crippen LogP contribution in [0.3, 0.4) is 0 Å². The van der Waals surface area contributed by atoms with Crippen LogP contribution in [0.25, 0.3) is 5.69 Å². The van der Waals surface area contributed by atoms with Crippen LogP contribution in [0.2, 0.25) is 5.02 Å². The van der Waals surface area contributed by atoms with Crippen LogP contribution in [-0.4, -0.2) is 20.2 Å². The fraction of sp³-hybridized carbons (Fsp3) is 0.125. The predicted octanol–water partition coefficient (Wildman–Crippen LogP) is 0.0677. The topological polar surface area (TPSA) is 89.6 Å². The first kappa shape index (κ1) is 9.88. The zero-order valence-electron chi connectivity index (χ0n) is 7.64. The third kappa shape index (κ3) is 1.64. The standard InChI is InChI=1S/C8H8ClN5O/c9-7-5(4-10)2-1-3-6(7)14-8(15)11-12-13-14/h1-3H,4,10H2,(H,11,13,15). The molecule has 78 valence electrons. The third-order valence-electron chi connectivity index (χ3n) is 1.98. The van der Waals surface area contributed by atoms with E-state index in [1.807, 2.05) is 0 Å². The molecular weight excluding hydrogens is 218 g/mol. The van der Waals surface area contributed by atoms with Crippen molar-refractivity contribution in [1.29, 1.82) is 0 Å². The van der Waals surface area contributed by atoms with Crippen LogP contribution < -0.4 is 11.4 Å². The Hall–Kier alpha value is -1.66. The number of hydrogen-bond acceptors (Lipinski definition) is 4. The van der Waals surface area contributed by atoms with Gasteiger partial charge in [0.25, 0.3) is 0 Å². The highest BCUT2D eigenvalue weighted by Gasteiger charge is 2.09. The zero-order chi connectivity index (χ0) is 10.8. The fourth-order valence-corrected chi connectivity index (χ4v) is 1.53. The van der Waals surface area contributed by atoms with Gasteiger partial charge in [0.2, 0.25) is 0 Å². The highest BCUT2D eigenvalue weighted by molar-refractivity contribution is 6.33. The van der Waals surface area contributed by atoms with E-state index < -0.39 is 5.69 Å². The molecule has 0 atom stereocenters. The minimum absolute atomic E-state index is 0.305. The Morgan fingerprint density at radius 3 is 2.93 bits per heavy atom. The molecule has 0 unspecified atom stereocenters. The normalized spacial score (nSPS) is 10.5. The van der Waals surface area contributed by atoms with Crippen molar-refractivity contribution in [1.82, 2.24) is 20.2 Å². The van der Waals surface area contributed by atoms with Gasteiger partial charge in [0.1, 0.15) is 0 Å². The van der Waals surface area contributed by atoms with E-state index in [2.05, 4.69) is 15.5 Å². The third-order valence-corrected chi connectivity index (χ3v) is 2.41. The summed E-state index contributed by atoms with van der Waals surface area (Å²) in [5.41, 5.74) is 6.28. The fourth-order valence-electron chi connectivity index (χ4n) is 1.24. The zero-order valence-corrected chi connectivity index (χ0v) is 8.40. The summed E-state index contributed by atoms with van der Waals surface area (Å²) in [4.78, 5) is 11.3. The Morgan fingerprint density at radius 2 is 2.33 bits per heavy atom. The molecule has 0 radical (unpaired) electrons.